The fourth-order valence-corrected chi connectivity index (χ4v) is 3.76. The average Bonchev–Trinajstić information content (AvgIpc) is 2.91. The summed E-state index contributed by atoms with van der Waals surface area (Å²) in [5.41, 5.74) is 4.86. The minimum absolute atomic E-state index is 0.114. The molecule has 4 rings (SSSR count). The first-order chi connectivity index (χ1) is 8.74. The minimum Gasteiger partial charge on any atom is -0.358 e. The van der Waals surface area contributed by atoms with Crippen LogP contribution in [-0.2, 0) is 6.42 Å². The van der Waals surface area contributed by atoms with E-state index in [9.17, 15) is 4.39 Å². The van der Waals surface area contributed by atoms with Crippen LogP contribution in [0.25, 0.3) is 10.9 Å². The number of hydrogen-bond acceptors (Lipinski definition) is 1. The van der Waals surface area contributed by atoms with Crippen molar-refractivity contribution in [3.05, 3.63) is 34.8 Å². The number of aromatic amines is 1. The van der Waals surface area contributed by atoms with Gasteiger partial charge in [-0.1, -0.05) is 0 Å². The lowest BCUT2D eigenvalue weighted by Gasteiger charge is -2.29. The zero-order chi connectivity index (χ0) is 12.3. The van der Waals surface area contributed by atoms with E-state index in [1.807, 2.05) is 6.92 Å². The number of nitrogens with zero attached hydrogens (tertiary/aromatic N) is 1. The van der Waals surface area contributed by atoms with Gasteiger partial charge in [-0.25, -0.2) is 4.39 Å². The predicted octanol–water partition coefficient (Wildman–Crippen LogP) is 3.31. The molecule has 2 aliphatic heterocycles. The molecule has 1 saturated heterocycles. The van der Waals surface area contributed by atoms with Gasteiger partial charge >= 0.3 is 0 Å². The standard InChI is InChI=1S/C15H17FN2/c1-9-7-10(16)8-11-14-12(17-15(9)11)4-6-18-5-2-3-13(14)18/h7-8,13,17H,2-6H2,1H3/t13-/m0/s1. The van der Waals surface area contributed by atoms with E-state index in [-0.39, 0.29) is 5.82 Å². The number of rotatable bonds is 0. The SMILES string of the molecule is Cc1cc(F)cc2c3c([nH]c12)CCN1CCC[C@@H]31. The molecule has 1 N–H and O–H groups in total. The fourth-order valence-electron chi connectivity index (χ4n) is 3.76. The van der Waals surface area contributed by atoms with Gasteiger partial charge in [-0.15, -0.1) is 0 Å². The molecule has 1 fully saturated rings. The van der Waals surface area contributed by atoms with Gasteiger partial charge < -0.3 is 4.98 Å². The first kappa shape index (κ1) is 10.6. The highest BCUT2D eigenvalue weighted by Gasteiger charge is 2.33. The van der Waals surface area contributed by atoms with E-state index in [1.54, 1.807) is 12.1 Å². The monoisotopic (exact) mass is 244 g/mol. The quantitative estimate of drug-likeness (QED) is 0.753. The Hall–Kier alpha value is -1.35. The Morgan fingerprint density at radius 3 is 3.11 bits per heavy atom. The number of aromatic nitrogens is 1. The van der Waals surface area contributed by atoms with Gasteiger partial charge in [0.05, 0.1) is 0 Å². The number of benzene rings is 1. The van der Waals surface area contributed by atoms with Crippen LogP contribution < -0.4 is 0 Å². The van der Waals surface area contributed by atoms with Crippen LogP contribution in [0.4, 0.5) is 4.39 Å². The van der Waals surface area contributed by atoms with Crippen LogP contribution in [-0.4, -0.2) is 23.0 Å². The summed E-state index contributed by atoms with van der Waals surface area (Å²) < 4.78 is 13.7. The molecule has 3 heteroatoms. The maximum atomic E-state index is 13.7. The lowest BCUT2D eigenvalue weighted by molar-refractivity contribution is 0.244. The van der Waals surface area contributed by atoms with Crippen LogP contribution >= 0.6 is 0 Å². The van der Waals surface area contributed by atoms with Gasteiger partial charge in [0.1, 0.15) is 5.82 Å². The van der Waals surface area contributed by atoms with Crippen LogP contribution in [0, 0.1) is 12.7 Å². The smallest absolute Gasteiger partial charge is 0.124 e. The molecule has 18 heavy (non-hydrogen) atoms. The molecular weight excluding hydrogens is 227 g/mol. The second-order valence-corrected chi connectivity index (χ2v) is 5.61. The van der Waals surface area contributed by atoms with Crippen molar-refractivity contribution in [2.24, 2.45) is 0 Å². The molecule has 2 aliphatic rings. The van der Waals surface area contributed by atoms with E-state index in [2.05, 4.69) is 9.88 Å². The molecule has 1 aromatic heterocycles. The maximum absolute atomic E-state index is 13.7. The summed E-state index contributed by atoms with van der Waals surface area (Å²) in [6.07, 6.45) is 3.56. The number of halogens is 1. The van der Waals surface area contributed by atoms with Crippen molar-refractivity contribution in [1.29, 1.82) is 0 Å². The molecule has 3 heterocycles. The maximum Gasteiger partial charge on any atom is 0.124 e. The van der Waals surface area contributed by atoms with Crippen molar-refractivity contribution in [3.63, 3.8) is 0 Å². The van der Waals surface area contributed by atoms with Crippen LogP contribution in [0.2, 0.25) is 0 Å². The number of nitrogens with one attached hydrogen (secondary N) is 1. The number of fused-ring (bicyclic) bond motifs is 5. The Morgan fingerprint density at radius 2 is 2.22 bits per heavy atom. The molecule has 0 amide bonds. The van der Waals surface area contributed by atoms with Crippen molar-refractivity contribution >= 4 is 10.9 Å². The lowest BCUT2D eigenvalue weighted by Crippen LogP contribution is -2.30. The Bertz CT molecular complexity index is 629. The molecule has 1 atom stereocenters. The zero-order valence-electron chi connectivity index (χ0n) is 10.6. The average molecular weight is 244 g/mol. The second-order valence-electron chi connectivity index (χ2n) is 5.61. The third-order valence-electron chi connectivity index (χ3n) is 4.54. The van der Waals surface area contributed by atoms with Crippen molar-refractivity contribution in [1.82, 2.24) is 9.88 Å². The predicted molar refractivity (Wildman–Crippen MR) is 70.2 cm³/mol. The number of H-pyrrole nitrogens is 1. The van der Waals surface area contributed by atoms with E-state index >= 15 is 0 Å². The summed E-state index contributed by atoms with van der Waals surface area (Å²) >= 11 is 0. The Balaban J connectivity index is 2.02. The zero-order valence-corrected chi connectivity index (χ0v) is 10.6. The highest BCUT2D eigenvalue weighted by Crippen LogP contribution is 2.42. The topological polar surface area (TPSA) is 19.0 Å². The second kappa shape index (κ2) is 3.58. The van der Waals surface area contributed by atoms with E-state index < -0.39 is 0 Å². The fraction of sp³-hybridized carbons (Fsp3) is 0.467. The molecule has 0 bridgehead atoms. The van der Waals surface area contributed by atoms with Gasteiger partial charge in [-0.2, -0.15) is 0 Å². The molecule has 2 aromatic rings. The molecule has 0 saturated carbocycles. The Kier molecular flexibility index (Phi) is 2.10. The molecular formula is C15H17FN2. The first-order valence-electron chi connectivity index (χ1n) is 6.78. The normalized spacial score (nSPS) is 23.3. The molecule has 0 unspecified atom stereocenters. The number of hydrogen-bond donors (Lipinski definition) is 1. The highest BCUT2D eigenvalue weighted by molar-refractivity contribution is 5.88. The van der Waals surface area contributed by atoms with Crippen molar-refractivity contribution in [2.45, 2.75) is 32.2 Å². The minimum atomic E-state index is -0.114. The van der Waals surface area contributed by atoms with Gasteiger partial charge in [0.15, 0.2) is 0 Å². The molecule has 1 aromatic carbocycles. The highest BCUT2D eigenvalue weighted by atomic mass is 19.1. The largest absolute Gasteiger partial charge is 0.358 e. The third-order valence-corrected chi connectivity index (χ3v) is 4.54. The van der Waals surface area contributed by atoms with Crippen LogP contribution in [0.5, 0.6) is 0 Å². The van der Waals surface area contributed by atoms with Gasteiger partial charge in [-0.3, -0.25) is 4.90 Å². The van der Waals surface area contributed by atoms with Crippen LogP contribution in [0.15, 0.2) is 12.1 Å². The van der Waals surface area contributed by atoms with Crippen LogP contribution in [0.3, 0.4) is 0 Å². The summed E-state index contributed by atoms with van der Waals surface area (Å²) in [7, 11) is 0. The summed E-state index contributed by atoms with van der Waals surface area (Å²) in [4.78, 5) is 6.08. The van der Waals surface area contributed by atoms with Crippen LogP contribution in [0.1, 0.15) is 35.7 Å². The summed E-state index contributed by atoms with van der Waals surface area (Å²) in [5, 5.41) is 1.11. The third kappa shape index (κ3) is 1.31. The molecule has 0 aliphatic carbocycles. The lowest BCUT2D eigenvalue weighted by atomic mass is 9.95. The van der Waals surface area contributed by atoms with E-state index in [0.29, 0.717) is 6.04 Å². The molecule has 0 spiro atoms. The van der Waals surface area contributed by atoms with Gasteiger partial charge in [0.25, 0.3) is 0 Å². The van der Waals surface area contributed by atoms with Crippen molar-refractivity contribution in [3.8, 4) is 0 Å². The van der Waals surface area contributed by atoms with Gasteiger partial charge in [0, 0.05) is 35.6 Å². The molecule has 0 radical (unpaired) electrons. The van der Waals surface area contributed by atoms with Crippen molar-refractivity contribution in [2.75, 3.05) is 13.1 Å². The summed E-state index contributed by atoms with van der Waals surface area (Å²) in [6.45, 7) is 4.33. The summed E-state index contributed by atoms with van der Waals surface area (Å²) in [6, 6.07) is 3.85. The number of aryl methyl sites for hydroxylation is 1. The Labute approximate surface area is 106 Å². The van der Waals surface area contributed by atoms with E-state index in [1.165, 1.54) is 30.6 Å². The summed E-state index contributed by atoms with van der Waals surface area (Å²) in [5.74, 6) is -0.114. The van der Waals surface area contributed by atoms with Gasteiger partial charge in [0.2, 0.25) is 0 Å². The Morgan fingerprint density at radius 1 is 1.33 bits per heavy atom. The van der Waals surface area contributed by atoms with Crippen molar-refractivity contribution < 1.29 is 4.39 Å². The molecule has 2 nitrogen and oxygen atoms in total. The first-order valence-corrected chi connectivity index (χ1v) is 6.78. The molecule has 94 valence electrons. The van der Waals surface area contributed by atoms with E-state index in [0.717, 1.165) is 29.4 Å². The van der Waals surface area contributed by atoms with E-state index in [4.69, 9.17) is 0 Å². The van der Waals surface area contributed by atoms with Gasteiger partial charge in [-0.05, 0) is 49.6 Å².